The lowest BCUT2D eigenvalue weighted by atomic mass is 10.1. The molecule has 0 aliphatic carbocycles. The number of halogens is 3. The summed E-state index contributed by atoms with van der Waals surface area (Å²) in [6, 6.07) is 8.44. The molecule has 24 heavy (non-hydrogen) atoms. The number of carbonyl (C=O) groups is 2. The first kappa shape index (κ1) is 16.6. The minimum atomic E-state index is -0.610. The molecule has 0 unspecified atom stereocenters. The topological polar surface area (TPSA) is 69.6 Å². The third-order valence-electron chi connectivity index (χ3n) is 3.32. The van der Waals surface area contributed by atoms with Crippen molar-refractivity contribution in [2.24, 2.45) is 0 Å². The minimum Gasteiger partial charge on any atom is -0.506 e. The molecule has 0 bridgehead atoms. The minimum absolute atomic E-state index is 0.0106. The van der Waals surface area contributed by atoms with Gasteiger partial charge < -0.3 is 10.4 Å². The third kappa shape index (κ3) is 3.06. The van der Waals surface area contributed by atoms with Crippen molar-refractivity contribution < 1.29 is 14.7 Å². The van der Waals surface area contributed by atoms with Crippen LogP contribution in [0.2, 0.25) is 15.1 Å². The molecule has 2 aromatic carbocycles. The van der Waals surface area contributed by atoms with Gasteiger partial charge in [0.15, 0.2) is 0 Å². The van der Waals surface area contributed by atoms with Crippen molar-refractivity contribution >= 4 is 58.5 Å². The Labute approximate surface area is 152 Å². The van der Waals surface area contributed by atoms with Crippen molar-refractivity contribution in [2.75, 3.05) is 4.90 Å². The Morgan fingerprint density at radius 1 is 1.00 bits per heavy atom. The Morgan fingerprint density at radius 2 is 1.67 bits per heavy atom. The van der Waals surface area contributed by atoms with E-state index in [1.807, 2.05) is 0 Å². The van der Waals surface area contributed by atoms with E-state index in [4.69, 9.17) is 34.8 Å². The molecule has 0 radical (unpaired) electrons. The Bertz CT molecular complexity index is 879. The summed E-state index contributed by atoms with van der Waals surface area (Å²) in [5, 5.41) is 13.2. The fraction of sp³-hybridized carbons (Fsp3) is 0. The number of amides is 3. The number of aromatic hydroxyl groups is 1. The molecule has 3 rings (SSSR count). The maximum Gasteiger partial charge on any atom is 0.333 e. The Balaban J connectivity index is 1.98. The predicted molar refractivity (Wildman–Crippen MR) is 93.6 cm³/mol. The third-order valence-corrected chi connectivity index (χ3v) is 4.08. The molecule has 122 valence electrons. The molecule has 0 saturated carbocycles. The monoisotopic (exact) mass is 382 g/mol. The number of benzene rings is 2. The Morgan fingerprint density at radius 3 is 2.33 bits per heavy atom. The van der Waals surface area contributed by atoms with Crippen LogP contribution in [0, 0.1) is 0 Å². The first-order valence-electron chi connectivity index (χ1n) is 6.67. The van der Waals surface area contributed by atoms with Crippen molar-refractivity contribution in [3.05, 3.63) is 62.7 Å². The molecule has 0 spiro atoms. The summed E-state index contributed by atoms with van der Waals surface area (Å²) in [6.07, 6.45) is 1.31. The van der Waals surface area contributed by atoms with Gasteiger partial charge in [-0.3, -0.25) is 4.79 Å². The number of hydrogen-bond donors (Lipinski definition) is 2. The molecule has 1 heterocycles. The summed E-state index contributed by atoms with van der Waals surface area (Å²) in [7, 11) is 0. The van der Waals surface area contributed by atoms with Crippen LogP contribution in [0.1, 0.15) is 5.56 Å². The van der Waals surface area contributed by atoms with Gasteiger partial charge in [-0.05, 0) is 42.5 Å². The molecule has 5 nitrogen and oxygen atoms in total. The Kier molecular flexibility index (Phi) is 4.41. The van der Waals surface area contributed by atoms with Crippen LogP contribution < -0.4 is 10.2 Å². The van der Waals surface area contributed by atoms with E-state index in [1.54, 1.807) is 24.3 Å². The van der Waals surface area contributed by atoms with Crippen molar-refractivity contribution in [2.45, 2.75) is 0 Å². The number of rotatable bonds is 2. The van der Waals surface area contributed by atoms with Gasteiger partial charge in [0.2, 0.25) is 0 Å². The highest BCUT2D eigenvalue weighted by Gasteiger charge is 2.35. The van der Waals surface area contributed by atoms with E-state index in [0.717, 1.165) is 4.90 Å². The van der Waals surface area contributed by atoms with Gasteiger partial charge in [0, 0.05) is 15.6 Å². The van der Waals surface area contributed by atoms with Crippen molar-refractivity contribution in [3.63, 3.8) is 0 Å². The molecule has 1 saturated heterocycles. The SMILES string of the molecule is O=C1N/C(=C/c2cc(Cl)cc(Cl)c2O)C(=O)N1c1ccc(Cl)cc1. The highest BCUT2D eigenvalue weighted by molar-refractivity contribution is 6.36. The van der Waals surface area contributed by atoms with Gasteiger partial charge in [-0.2, -0.15) is 0 Å². The number of imide groups is 1. The van der Waals surface area contributed by atoms with E-state index in [2.05, 4.69) is 5.32 Å². The zero-order valence-corrected chi connectivity index (χ0v) is 14.2. The molecule has 0 aromatic heterocycles. The highest BCUT2D eigenvalue weighted by Crippen LogP contribution is 2.33. The molecule has 3 amide bonds. The van der Waals surface area contributed by atoms with Crippen molar-refractivity contribution in [3.8, 4) is 5.75 Å². The van der Waals surface area contributed by atoms with E-state index in [1.165, 1.54) is 18.2 Å². The van der Waals surface area contributed by atoms with E-state index in [-0.39, 0.29) is 27.1 Å². The lowest BCUT2D eigenvalue weighted by Gasteiger charge is -2.11. The zero-order valence-electron chi connectivity index (χ0n) is 11.9. The van der Waals surface area contributed by atoms with Crippen LogP contribution in [-0.2, 0) is 4.79 Å². The number of hydrogen-bond acceptors (Lipinski definition) is 3. The van der Waals surface area contributed by atoms with E-state index in [9.17, 15) is 14.7 Å². The number of phenolic OH excluding ortho intramolecular Hbond substituents is 1. The average molecular weight is 384 g/mol. The van der Waals surface area contributed by atoms with E-state index < -0.39 is 11.9 Å². The first-order valence-corrected chi connectivity index (χ1v) is 7.81. The van der Waals surface area contributed by atoms with Gasteiger partial charge >= 0.3 is 6.03 Å². The Hall–Kier alpha value is -2.21. The van der Waals surface area contributed by atoms with E-state index >= 15 is 0 Å². The normalized spacial score (nSPS) is 16.0. The molecule has 2 aromatic rings. The van der Waals surface area contributed by atoms with Crippen LogP contribution in [-0.4, -0.2) is 17.0 Å². The lowest BCUT2D eigenvalue weighted by Crippen LogP contribution is -2.30. The summed E-state index contributed by atoms with van der Waals surface area (Å²) in [5.41, 5.74) is 0.580. The summed E-state index contributed by atoms with van der Waals surface area (Å²) in [6.45, 7) is 0. The number of carbonyl (C=O) groups excluding carboxylic acids is 2. The van der Waals surface area contributed by atoms with Gasteiger partial charge in [0.1, 0.15) is 11.4 Å². The second-order valence-electron chi connectivity index (χ2n) is 4.93. The van der Waals surface area contributed by atoms with Crippen LogP contribution in [0.5, 0.6) is 5.75 Å². The smallest absolute Gasteiger partial charge is 0.333 e. The number of urea groups is 1. The van der Waals surface area contributed by atoms with Crippen LogP contribution in [0.25, 0.3) is 6.08 Å². The molecular weight excluding hydrogens is 375 g/mol. The van der Waals surface area contributed by atoms with Crippen molar-refractivity contribution in [1.29, 1.82) is 0 Å². The molecule has 1 aliphatic rings. The molecule has 0 atom stereocenters. The average Bonchev–Trinajstić information content (AvgIpc) is 2.80. The number of nitrogens with zero attached hydrogens (tertiary/aromatic N) is 1. The quantitative estimate of drug-likeness (QED) is 0.594. The first-order chi connectivity index (χ1) is 11.4. The fourth-order valence-corrected chi connectivity index (χ4v) is 2.85. The van der Waals surface area contributed by atoms with Crippen LogP contribution >= 0.6 is 34.8 Å². The summed E-state index contributed by atoms with van der Waals surface area (Å²) >= 11 is 17.5. The largest absolute Gasteiger partial charge is 0.506 e. The van der Waals surface area contributed by atoms with Gasteiger partial charge in [-0.25, -0.2) is 9.69 Å². The van der Waals surface area contributed by atoms with Crippen molar-refractivity contribution in [1.82, 2.24) is 5.32 Å². The van der Waals surface area contributed by atoms with Gasteiger partial charge in [0.05, 0.1) is 10.7 Å². The molecule has 1 aliphatic heterocycles. The van der Waals surface area contributed by atoms with Crippen LogP contribution in [0.4, 0.5) is 10.5 Å². The van der Waals surface area contributed by atoms with Gasteiger partial charge in [-0.1, -0.05) is 34.8 Å². The van der Waals surface area contributed by atoms with Crippen LogP contribution in [0.15, 0.2) is 42.1 Å². The standard InChI is InChI=1S/C16H9Cl3N2O3/c17-9-1-3-11(4-2-9)21-15(23)13(20-16(21)24)6-8-5-10(18)7-12(19)14(8)22/h1-7,22H,(H,20,24)/b13-6+. The highest BCUT2D eigenvalue weighted by atomic mass is 35.5. The van der Waals surface area contributed by atoms with E-state index in [0.29, 0.717) is 10.7 Å². The lowest BCUT2D eigenvalue weighted by molar-refractivity contribution is -0.113. The molecule has 2 N–H and O–H groups in total. The van der Waals surface area contributed by atoms with Gasteiger partial charge in [-0.15, -0.1) is 0 Å². The number of nitrogens with one attached hydrogen (secondary N) is 1. The molecule has 8 heteroatoms. The molecule has 1 fully saturated rings. The summed E-state index contributed by atoms with van der Waals surface area (Å²) in [4.78, 5) is 25.5. The summed E-state index contributed by atoms with van der Waals surface area (Å²) in [5.74, 6) is -0.807. The number of phenols is 1. The fourth-order valence-electron chi connectivity index (χ4n) is 2.21. The zero-order chi connectivity index (χ0) is 17.4. The molecular formula is C16H9Cl3N2O3. The maximum atomic E-state index is 12.5. The maximum absolute atomic E-state index is 12.5. The second-order valence-corrected chi connectivity index (χ2v) is 6.21. The predicted octanol–water partition coefficient (Wildman–Crippen LogP) is 4.45. The summed E-state index contributed by atoms with van der Waals surface area (Å²) < 4.78 is 0. The number of anilines is 1. The van der Waals surface area contributed by atoms with Crippen LogP contribution in [0.3, 0.4) is 0 Å². The van der Waals surface area contributed by atoms with Gasteiger partial charge in [0.25, 0.3) is 5.91 Å². The second kappa shape index (κ2) is 6.36.